The zero-order chi connectivity index (χ0) is 9.26. The summed E-state index contributed by atoms with van der Waals surface area (Å²) in [7, 11) is 0. The molecule has 0 radical (unpaired) electrons. The van der Waals surface area contributed by atoms with Crippen molar-refractivity contribution in [2.24, 2.45) is 5.73 Å². The summed E-state index contributed by atoms with van der Waals surface area (Å²) in [4.78, 5) is 0. The zero-order valence-electron chi connectivity index (χ0n) is 7.29. The van der Waals surface area contributed by atoms with E-state index in [9.17, 15) is 0 Å². The number of ether oxygens (including phenoxy) is 1. The third-order valence-electron chi connectivity index (χ3n) is 2.29. The van der Waals surface area contributed by atoms with Crippen LogP contribution in [0.4, 0.5) is 0 Å². The Bertz CT molecular complexity index is 314. The first-order chi connectivity index (χ1) is 6.27. The van der Waals surface area contributed by atoms with E-state index in [4.69, 9.17) is 22.1 Å². The van der Waals surface area contributed by atoms with E-state index in [0.717, 1.165) is 30.8 Å². The van der Waals surface area contributed by atoms with Gasteiger partial charge in [0.25, 0.3) is 0 Å². The van der Waals surface area contributed by atoms with Crippen molar-refractivity contribution in [3.05, 3.63) is 28.8 Å². The predicted octanol–water partition coefficient (Wildman–Crippen LogP) is 2.51. The summed E-state index contributed by atoms with van der Waals surface area (Å²) in [6, 6.07) is 5.74. The van der Waals surface area contributed by atoms with Gasteiger partial charge in [0.2, 0.25) is 0 Å². The predicted molar refractivity (Wildman–Crippen MR) is 53.1 cm³/mol. The molecule has 2 nitrogen and oxygen atoms in total. The lowest BCUT2D eigenvalue weighted by molar-refractivity contribution is 0.316. The van der Waals surface area contributed by atoms with Gasteiger partial charge in [-0.1, -0.05) is 17.7 Å². The molecule has 0 saturated carbocycles. The Labute approximate surface area is 82.6 Å². The Morgan fingerprint density at radius 1 is 1.46 bits per heavy atom. The number of hydrogen-bond donors (Lipinski definition) is 1. The Balaban J connectivity index is 2.42. The zero-order valence-corrected chi connectivity index (χ0v) is 8.05. The Kier molecular flexibility index (Phi) is 2.42. The number of benzene rings is 1. The summed E-state index contributed by atoms with van der Waals surface area (Å²) < 4.78 is 5.54. The van der Waals surface area contributed by atoms with Crippen LogP contribution in [-0.4, -0.2) is 6.61 Å². The number of fused-ring (bicyclic) bond motifs is 1. The molecule has 0 aromatic heterocycles. The van der Waals surface area contributed by atoms with E-state index in [-0.39, 0.29) is 6.04 Å². The van der Waals surface area contributed by atoms with Crippen LogP contribution in [0.2, 0.25) is 5.02 Å². The van der Waals surface area contributed by atoms with Crippen molar-refractivity contribution in [3.63, 3.8) is 0 Å². The number of nitrogens with two attached hydrogens (primary N) is 1. The molecule has 3 heteroatoms. The van der Waals surface area contributed by atoms with Crippen molar-refractivity contribution in [3.8, 4) is 5.75 Å². The van der Waals surface area contributed by atoms with E-state index >= 15 is 0 Å². The van der Waals surface area contributed by atoms with E-state index in [1.165, 1.54) is 0 Å². The summed E-state index contributed by atoms with van der Waals surface area (Å²) in [6.45, 7) is 0.737. The Morgan fingerprint density at radius 3 is 3.15 bits per heavy atom. The summed E-state index contributed by atoms with van der Waals surface area (Å²) >= 11 is 5.86. The standard InChI is InChI=1S/C10H12ClNO/c11-7-3-4-8-9(12)2-1-5-13-10(8)6-7/h3-4,6,9H,1-2,5,12H2/t9-/m1/s1. The third kappa shape index (κ3) is 1.79. The van der Waals surface area contributed by atoms with Crippen LogP contribution in [0.25, 0.3) is 0 Å². The van der Waals surface area contributed by atoms with Crippen molar-refractivity contribution in [1.82, 2.24) is 0 Å². The van der Waals surface area contributed by atoms with E-state index in [1.54, 1.807) is 0 Å². The quantitative estimate of drug-likeness (QED) is 0.694. The van der Waals surface area contributed by atoms with Crippen molar-refractivity contribution < 1.29 is 4.74 Å². The van der Waals surface area contributed by atoms with Crippen molar-refractivity contribution in [2.45, 2.75) is 18.9 Å². The van der Waals surface area contributed by atoms with Gasteiger partial charge < -0.3 is 10.5 Å². The number of halogens is 1. The van der Waals surface area contributed by atoms with Crippen LogP contribution in [0.5, 0.6) is 5.75 Å². The first kappa shape index (κ1) is 8.85. The average molecular weight is 198 g/mol. The molecule has 2 N–H and O–H groups in total. The minimum atomic E-state index is 0.0924. The van der Waals surface area contributed by atoms with Crippen molar-refractivity contribution in [2.75, 3.05) is 6.61 Å². The highest BCUT2D eigenvalue weighted by atomic mass is 35.5. The second kappa shape index (κ2) is 3.56. The normalized spacial score (nSPS) is 21.5. The summed E-state index contributed by atoms with van der Waals surface area (Å²) in [5, 5.41) is 0.702. The maximum atomic E-state index is 5.97. The van der Waals surface area contributed by atoms with E-state index in [1.807, 2.05) is 18.2 Å². The minimum absolute atomic E-state index is 0.0924. The minimum Gasteiger partial charge on any atom is -0.493 e. The van der Waals surface area contributed by atoms with Gasteiger partial charge in [-0.2, -0.15) is 0 Å². The van der Waals surface area contributed by atoms with Crippen LogP contribution >= 0.6 is 11.6 Å². The molecule has 2 rings (SSSR count). The molecule has 1 heterocycles. The van der Waals surface area contributed by atoms with Gasteiger partial charge in [0.1, 0.15) is 5.75 Å². The molecule has 0 spiro atoms. The van der Waals surface area contributed by atoms with Crippen LogP contribution in [-0.2, 0) is 0 Å². The fourth-order valence-corrected chi connectivity index (χ4v) is 1.74. The molecule has 0 unspecified atom stereocenters. The Hall–Kier alpha value is -0.730. The van der Waals surface area contributed by atoms with Crippen LogP contribution < -0.4 is 10.5 Å². The number of hydrogen-bond acceptors (Lipinski definition) is 2. The molecule has 13 heavy (non-hydrogen) atoms. The van der Waals surface area contributed by atoms with Gasteiger partial charge in [-0.05, 0) is 25.0 Å². The van der Waals surface area contributed by atoms with Gasteiger partial charge in [-0.15, -0.1) is 0 Å². The fraction of sp³-hybridized carbons (Fsp3) is 0.400. The highest BCUT2D eigenvalue weighted by molar-refractivity contribution is 6.30. The van der Waals surface area contributed by atoms with Crippen LogP contribution in [0.15, 0.2) is 18.2 Å². The van der Waals surface area contributed by atoms with Gasteiger partial charge in [0.15, 0.2) is 0 Å². The number of rotatable bonds is 0. The second-order valence-corrected chi connectivity index (χ2v) is 3.72. The van der Waals surface area contributed by atoms with E-state index < -0.39 is 0 Å². The lowest BCUT2D eigenvalue weighted by Crippen LogP contribution is -2.08. The highest BCUT2D eigenvalue weighted by Crippen LogP contribution is 2.31. The second-order valence-electron chi connectivity index (χ2n) is 3.28. The van der Waals surface area contributed by atoms with Crippen LogP contribution in [0, 0.1) is 0 Å². The first-order valence-electron chi connectivity index (χ1n) is 4.45. The highest BCUT2D eigenvalue weighted by Gasteiger charge is 2.15. The lowest BCUT2D eigenvalue weighted by atomic mass is 10.0. The monoisotopic (exact) mass is 197 g/mol. The maximum Gasteiger partial charge on any atom is 0.125 e. The molecular formula is C10H12ClNO. The fourth-order valence-electron chi connectivity index (χ4n) is 1.58. The largest absolute Gasteiger partial charge is 0.493 e. The van der Waals surface area contributed by atoms with Crippen LogP contribution in [0.1, 0.15) is 24.4 Å². The molecule has 0 aliphatic carbocycles. The molecule has 1 aromatic rings. The van der Waals surface area contributed by atoms with Gasteiger partial charge >= 0.3 is 0 Å². The molecule has 70 valence electrons. The molecular weight excluding hydrogens is 186 g/mol. The molecule has 1 aromatic carbocycles. The van der Waals surface area contributed by atoms with Crippen molar-refractivity contribution in [1.29, 1.82) is 0 Å². The molecule has 0 saturated heterocycles. The summed E-state index contributed by atoms with van der Waals surface area (Å²) in [5.41, 5.74) is 7.04. The molecule has 1 aliphatic rings. The summed E-state index contributed by atoms with van der Waals surface area (Å²) in [6.07, 6.45) is 1.99. The van der Waals surface area contributed by atoms with Gasteiger partial charge in [0.05, 0.1) is 6.61 Å². The summed E-state index contributed by atoms with van der Waals surface area (Å²) in [5.74, 6) is 0.845. The maximum absolute atomic E-state index is 5.97. The molecule has 1 aliphatic heterocycles. The topological polar surface area (TPSA) is 35.2 Å². The molecule has 0 amide bonds. The third-order valence-corrected chi connectivity index (χ3v) is 2.53. The van der Waals surface area contributed by atoms with Gasteiger partial charge in [-0.25, -0.2) is 0 Å². The molecule has 0 fully saturated rings. The average Bonchev–Trinajstić information content (AvgIpc) is 2.28. The Morgan fingerprint density at radius 2 is 2.31 bits per heavy atom. The van der Waals surface area contributed by atoms with Gasteiger partial charge in [-0.3, -0.25) is 0 Å². The molecule has 0 bridgehead atoms. The smallest absolute Gasteiger partial charge is 0.125 e. The first-order valence-corrected chi connectivity index (χ1v) is 4.83. The van der Waals surface area contributed by atoms with E-state index in [0.29, 0.717) is 5.02 Å². The van der Waals surface area contributed by atoms with Crippen LogP contribution in [0.3, 0.4) is 0 Å². The van der Waals surface area contributed by atoms with E-state index in [2.05, 4.69) is 0 Å². The lowest BCUT2D eigenvalue weighted by Gasteiger charge is -2.11. The SMILES string of the molecule is N[C@@H]1CCCOc2cc(Cl)ccc21. The van der Waals surface area contributed by atoms with Crippen molar-refractivity contribution >= 4 is 11.6 Å². The van der Waals surface area contributed by atoms with Gasteiger partial charge in [0, 0.05) is 16.6 Å². The molecule has 1 atom stereocenters.